The monoisotopic (exact) mass is 387 g/mol. The maximum Gasteiger partial charge on any atom is 0.234 e. The number of nitrogens with zero attached hydrogens (tertiary/aromatic N) is 4. The summed E-state index contributed by atoms with van der Waals surface area (Å²) in [6.45, 7) is 5.93. The number of para-hydroxylation sites is 1. The van der Waals surface area contributed by atoms with Gasteiger partial charge in [-0.25, -0.2) is 0 Å². The molecule has 0 aliphatic rings. The fraction of sp³-hybridized carbons (Fsp3) is 0.222. The lowest BCUT2D eigenvalue weighted by atomic mass is 10.1. The van der Waals surface area contributed by atoms with Gasteiger partial charge in [0.1, 0.15) is 0 Å². The summed E-state index contributed by atoms with van der Waals surface area (Å²) < 4.78 is 1.67. The summed E-state index contributed by atoms with van der Waals surface area (Å²) in [6.07, 6.45) is 0. The molecule has 1 amide bonds. The van der Waals surface area contributed by atoms with E-state index in [1.54, 1.807) is 10.7 Å². The fourth-order valence-electron chi connectivity index (χ4n) is 2.55. The maximum atomic E-state index is 12.2. The molecule has 134 valence electrons. The van der Waals surface area contributed by atoms with Crippen molar-refractivity contribution in [1.82, 2.24) is 20.2 Å². The van der Waals surface area contributed by atoms with Gasteiger partial charge in [0.25, 0.3) is 0 Å². The van der Waals surface area contributed by atoms with E-state index in [0.717, 1.165) is 22.4 Å². The number of hydrogen-bond donors (Lipinski definition) is 1. The van der Waals surface area contributed by atoms with Gasteiger partial charge in [-0.15, -0.1) is 5.10 Å². The third-order valence-corrected chi connectivity index (χ3v) is 5.21. The Balaban J connectivity index is 1.70. The van der Waals surface area contributed by atoms with Gasteiger partial charge in [-0.3, -0.25) is 4.79 Å². The van der Waals surface area contributed by atoms with Crippen molar-refractivity contribution in [2.24, 2.45) is 0 Å². The quantitative estimate of drug-likeness (QED) is 0.670. The van der Waals surface area contributed by atoms with E-state index in [-0.39, 0.29) is 11.7 Å². The minimum atomic E-state index is -0.147. The number of thioether (sulfide) groups is 1. The molecule has 1 N–H and O–H groups in total. The molecule has 0 unspecified atom stereocenters. The number of rotatable bonds is 5. The minimum absolute atomic E-state index is 0.147. The summed E-state index contributed by atoms with van der Waals surface area (Å²) in [4.78, 5) is 12.2. The molecular formula is C18H18ClN5OS. The molecule has 1 aromatic heterocycles. The van der Waals surface area contributed by atoms with Crippen molar-refractivity contribution in [2.45, 2.75) is 25.9 Å². The molecule has 0 aliphatic heterocycles. The summed E-state index contributed by atoms with van der Waals surface area (Å²) in [6, 6.07) is 11.4. The van der Waals surface area contributed by atoms with Crippen molar-refractivity contribution < 1.29 is 4.79 Å². The Kier molecular flexibility index (Phi) is 5.58. The van der Waals surface area contributed by atoms with Crippen LogP contribution in [0.25, 0.3) is 5.69 Å². The molecule has 6 nitrogen and oxygen atoms in total. The average molecular weight is 388 g/mol. The molecule has 0 aliphatic carbocycles. The first-order valence-electron chi connectivity index (χ1n) is 7.99. The normalized spacial score (nSPS) is 10.8. The molecule has 3 aromatic rings. The fourth-order valence-corrected chi connectivity index (χ4v) is 3.40. The highest BCUT2D eigenvalue weighted by Crippen LogP contribution is 2.24. The van der Waals surface area contributed by atoms with E-state index in [9.17, 15) is 4.79 Å². The van der Waals surface area contributed by atoms with Crippen LogP contribution in [0.2, 0.25) is 5.02 Å². The third kappa shape index (κ3) is 4.05. The molecule has 2 aromatic carbocycles. The SMILES string of the molecule is Cc1ccc(NC(=O)CSc2nnnn2-c2c(C)cccc2C)cc1Cl. The van der Waals surface area contributed by atoms with Crippen molar-refractivity contribution in [3.63, 3.8) is 0 Å². The van der Waals surface area contributed by atoms with E-state index in [1.807, 2.05) is 51.1 Å². The van der Waals surface area contributed by atoms with Gasteiger partial charge in [0.05, 0.1) is 11.4 Å². The van der Waals surface area contributed by atoms with Crippen molar-refractivity contribution >= 4 is 35.0 Å². The van der Waals surface area contributed by atoms with Crippen LogP contribution in [0.5, 0.6) is 0 Å². The first kappa shape index (κ1) is 18.4. The lowest BCUT2D eigenvalue weighted by Gasteiger charge is -2.10. The molecule has 0 fully saturated rings. The Morgan fingerprint density at radius 2 is 1.88 bits per heavy atom. The van der Waals surface area contributed by atoms with Gasteiger partial charge in [0.15, 0.2) is 0 Å². The van der Waals surface area contributed by atoms with Gasteiger partial charge in [-0.05, 0) is 60.0 Å². The zero-order valence-corrected chi connectivity index (χ0v) is 16.2. The summed E-state index contributed by atoms with van der Waals surface area (Å²) in [7, 11) is 0. The smallest absolute Gasteiger partial charge is 0.234 e. The van der Waals surface area contributed by atoms with E-state index in [0.29, 0.717) is 15.9 Å². The van der Waals surface area contributed by atoms with Gasteiger partial charge in [-0.2, -0.15) is 4.68 Å². The Morgan fingerprint density at radius 1 is 1.15 bits per heavy atom. The number of amides is 1. The van der Waals surface area contributed by atoms with E-state index in [4.69, 9.17) is 11.6 Å². The van der Waals surface area contributed by atoms with Gasteiger partial charge in [-0.1, -0.05) is 47.6 Å². The molecule has 26 heavy (non-hydrogen) atoms. The predicted molar refractivity (Wildman–Crippen MR) is 104 cm³/mol. The number of carbonyl (C=O) groups excluding carboxylic acids is 1. The van der Waals surface area contributed by atoms with Crippen LogP contribution in [-0.2, 0) is 4.79 Å². The molecule has 0 saturated carbocycles. The first-order valence-corrected chi connectivity index (χ1v) is 9.36. The van der Waals surface area contributed by atoms with Crippen LogP contribution in [-0.4, -0.2) is 31.9 Å². The van der Waals surface area contributed by atoms with Crippen LogP contribution in [0.15, 0.2) is 41.6 Å². The van der Waals surface area contributed by atoms with Crippen LogP contribution < -0.4 is 5.32 Å². The maximum absolute atomic E-state index is 12.2. The van der Waals surface area contributed by atoms with E-state index in [1.165, 1.54) is 11.8 Å². The van der Waals surface area contributed by atoms with Gasteiger partial charge in [0.2, 0.25) is 11.1 Å². The molecule has 0 atom stereocenters. The molecule has 3 rings (SSSR count). The standard InChI is InChI=1S/C18H18ClN5OS/c1-11-7-8-14(9-15(11)19)20-16(25)10-26-18-21-22-23-24(18)17-12(2)5-4-6-13(17)3/h4-9H,10H2,1-3H3,(H,20,25). The Labute approximate surface area is 160 Å². The number of halogens is 1. The van der Waals surface area contributed by atoms with Crippen LogP contribution in [0.4, 0.5) is 5.69 Å². The van der Waals surface area contributed by atoms with Crippen LogP contribution in [0.1, 0.15) is 16.7 Å². The molecule has 0 radical (unpaired) electrons. The van der Waals surface area contributed by atoms with Crippen LogP contribution in [0, 0.1) is 20.8 Å². The van der Waals surface area contributed by atoms with Gasteiger partial charge >= 0.3 is 0 Å². The minimum Gasteiger partial charge on any atom is -0.325 e. The van der Waals surface area contributed by atoms with E-state index < -0.39 is 0 Å². The summed E-state index contributed by atoms with van der Waals surface area (Å²) in [5.41, 5.74) is 4.70. The summed E-state index contributed by atoms with van der Waals surface area (Å²) in [5.74, 6) is 0.0440. The Morgan fingerprint density at radius 3 is 2.58 bits per heavy atom. The van der Waals surface area contributed by atoms with Crippen molar-refractivity contribution in [1.29, 1.82) is 0 Å². The second-order valence-corrected chi connectivity index (χ2v) is 7.26. The number of anilines is 1. The summed E-state index contributed by atoms with van der Waals surface area (Å²) in [5, 5.41) is 15.9. The number of aromatic nitrogens is 4. The van der Waals surface area contributed by atoms with Crippen LogP contribution >= 0.6 is 23.4 Å². The lowest BCUT2D eigenvalue weighted by Crippen LogP contribution is -2.15. The lowest BCUT2D eigenvalue weighted by molar-refractivity contribution is -0.113. The van der Waals surface area contributed by atoms with Crippen LogP contribution in [0.3, 0.4) is 0 Å². The largest absolute Gasteiger partial charge is 0.325 e. The molecule has 8 heteroatoms. The zero-order chi connectivity index (χ0) is 18.7. The highest BCUT2D eigenvalue weighted by atomic mass is 35.5. The number of hydrogen-bond acceptors (Lipinski definition) is 5. The molecule has 0 bridgehead atoms. The average Bonchev–Trinajstić information content (AvgIpc) is 3.04. The molecular weight excluding hydrogens is 370 g/mol. The number of benzene rings is 2. The topological polar surface area (TPSA) is 72.7 Å². The number of tetrazole rings is 1. The number of nitrogens with one attached hydrogen (secondary N) is 1. The third-order valence-electron chi connectivity index (χ3n) is 3.88. The van der Waals surface area contributed by atoms with Crippen molar-refractivity contribution in [3.05, 3.63) is 58.1 Å². The molecule has 0 saturated heterocycles. The Bertz CT molecular complexity index is 936. The van der Waals surface area contributed by atoms with E-state index >= 15 is 0 Å². The zero-order valence-electron chi connectivity index (χ0n) is 14.7. The Hall–Kier alpha value is -2.38. The first-order chi connectivity index (χ1) is 12.5. The van der Waals surface area contributed by atoms with Crippen molar-refractivity contribution in [2.75, 3.05) is 11.1 Å². The van der Waals surface area contributed by atoms with Crippen molar-refractivity contribution in [3.8, 4) is 5.69 Å². The second-order valence-electron chi connectivity index (χ2n) is 5.91. The predicted octanol–water partition coefficient (Wildman–Crippen LogP) is 3.97. The highest BCUT2D eigenvalue weighted by Gasteiger charge is 2.15. The number of carbonyl (C=O) groups is 1. The van der Waals surface area contributed by atoms with E-state index in [2.05, 4.69) is 20.8 Å². The number of aryl methyl sites for hydroxylation is 3. The second kappa shape index (κ2) is 7.88. The summed E-state index contributed by atoms with van der Waals surface area (Å²) >= 11 is 7.37. The molecule has 0 spiro atoms. The van der Waals surface area contributed by atoms with Gasteiger partial charge < -0.3 is 5.32 Å². The highest BCUT2D eigenvalue weighted by molar-refractivity contribution is 7.99. The van der Waals surface area contributed by atoms with Gasteiger partial charge in [0, 0.05) is 10.7 Å². The molecule has 1 heterocycles.